The second-order valence-corrected chi connectivity index (χ2v) is 6.24. The molecule has 8 heteroatoms. The van der Waals surface area contributed by atoms with Gasteiger partial charge in [-0.1, -0.05) is 24.3 Å². The Morgan fingerprint density at radius 3 is 2.41 bits per heavy atom. The van der Waals surface area contributed by atoms with Crippen molar-refractivity contribution in [2.75, 3.05) is 7.05 Å². The maximum atomic E-state index is 13.4. The zero-order chi connectivity index (χ0) is 19.8. The lowest BCUT2D eigenvalue weighted by molar-refractivity contribution is -0.148. The summed E-state index contributed by atoms with van der Waals surface area (Å²) in [6, 6.07) is 11.3. The van der Waals surface area contributed by atoms with Crippen LogP contribution in [0.4, 0.5) is 17.6 Å². The van der Waals surface area contributed by atoms with Gasteiger partial charge in [-0.15, -0.1) is 0 Å². The van der Waals surface area contributed by atoms with Crippen LogP contribution in [0.25, 0.3) is 11.0 Å². The lowest BCUT2D eigenvalue weighted by Crippen LogP contribution is -2.33. The largest absolute Gasteiger partial charge is 0.449 e. The lowest BCUT2D eigenvalue weighted by Gasteiger charge is -2.26. The average Bonchev–Trinajstić information content (AvgIpc) is 3.00. The molecule has 0 N–H and O–H groups in total. The Balaban J connectivity index is 1.90. The third kappa shape index (κ3) is 3.79. The van der Waals surface area contributed by atoms with E-state index in [1.165, 1.54) is 48.3 Å². The molecule has 142 valence electrons. The fourth-order valence-corrected chi connectivity index (χ4v) is 2.88. The Labute approximate surface area is 153 Å². The molecule has 1 heterocycles. The number of halogens is 4. The molecule has 0 aliphatic carbocycles. The van der Waals surface area contributed by atoms with Crippen LogP contribution < -0.4 is 0 Å². The number of para-hydroxylation sites is 2. The lowest BCUT2D eigenvalue weighted by atomic mass is 10.1. The maximum Gasteiger partial charge on any atom is 0.449 e. The van der Waals surface area contributed by atoms with E-state index >= 15 is 0 Å². The zero-order valence-electron chi connectivity index (χ0n) is 14.7. The van der Waals surface area contributed by atoms with Crippen LogP contribution in [0, 0.1) is 5.82 Å². The van der Waals surface area contributed by atoms with Crippen molar-refractivity contribution in [3.63, 3.8) is 0 Å². The van der Waals surface area contributed by atoms with Crippen molar-refractivity contribution in [2.45, 2.75) is 25.7 Å². The van der Waals surface area contributed by atoms with Crippen LogP contribution in [-0.4, -0.2) is 27.4 Å². The average molecular weight is 379 g/mol. The molecule has 0 aliphatic heterocycles. The Morgan fingerprint density at radius 2 is 1.78 bits per heavy atom. The van der Waals surface area contributed by atoms with E-state index in [-0.39, 0.29) is 11.0 Å². The van der Waals surface area contributed by atoms with Crippen molar-refractivity contribution in [2.24, 2.45) is 0 Å². The molecule has 1 amide bonds. The fourth-order valence-electron chi connectivity index (χ4n) is 2.88. The quantitative estimate of drug-likeness (QED) is 0.630. The number of hydrogen-bond acceptors (Lipinski definition) is 2. The third-order valence-electron chi connectivity index (χ3n) is 4.53. The van der Waals surface area contributed by atoms with Crippen LogP contribution >= 0.6 is 0 Å². The number of hydrogen-bond donors (Lipinski definition) is 0. The number of likely N-dealkylation sites (N-methyl/N-ethyl adjacent to an activating group) is 1. The predicted octanol–water partition coefficient (Wildman–Crippen LogP) is 4.41. The molecule has 4 nitrogen and oxygen atoms in total. The van der Waals surface area contributed by atoms with Crippen LogP contribution in [0.1, 0.15) is 24.4 Å². The van der Waals surface area contributed by atoms with Crippen molar-refractivity contribution in [3.05, 3.63) is 65.7 Å². The summed E-state index contributed by atoms with van der Waals surface area (Å²) in [6.07, 6.45) is -4.68. The van der Waals surface area contributed by atoms with Crippen molar-refractivity contribution in [1.29, 1.82) is 0 Å². The van der Waals surface area contributed by atoms with Gasteiger partial charge in [0, 0.05) is 7.05 Å². The minimum absolute atomic E-state index is 0.173. The first-order valence-corrected chi connectivity index (χ1v) is 8.22. The molecular formula is C19H17F4N3O. The summed E-state index contributed by atoms with van der Waals surface area (Å²) in [5.41, 5.74) is 1.09. The first-order valence-electron chi connectivity index (χ1n) is 8.22. The van der Waals surface area contributed by atoms with Gasteiger partial charge in [0.05, 0.1) is 17.1 Å². The van der Waals surface area contributed by atoms with Crippen molar-refractivity contribution in [1.82, 2.24) is 14.5 Å². The summed E-state index contributed by atoms with van der Waals surface area (Å²) >= 11 is 0. The van der Waals surface area contributed by atoms with Crippen LogP contribution in [-0.2, 0) is 17.5 Å². The number of aromatic nitrogens is 2. The highest BCUT2D eigenvalue weighted by molar-refractivity contribution is 5.81. The third-order valence-corrected chi connectivity index (χ3v) is 4.53. The molecule has 1 atom stereocenters. The van der Waals surface area contributed by atoms with E-state index in [0.29, 0.717) is 5.56 Å². The van der Waals surface area contributed by atoms with Gasteiger partial charge in [-0.2, -0.15) is 13.2 Å². The molecule has 3 aromatic rings. The molecule has 0 fully saturated rings. The summed E-state index contributed by atoms with van der Waals surface area (Å²) in [7, 11) is 1.50. The number of rotatable bonds is 4. The smallest absolute Gasteiger partial charge is 0.337 e. The molecule has 27 heavy (non-hydrogen) atoms. The van der Waals surface area contributed by atoms with Crippen LogP contribution in [0.3, 0.4) is 0 Å². The summed E-state index contributed by atoms with van der Waals surface area (Å²) < 4.78 is 54.0. The van der Waals surface area contributed by atoms with Gasteiger partial charge in [0.15, 0.2) is 0 Å². The highest BCUT2D eigenvalue weighted by Crippen LogP contribution is 2.31. The second kappa shape index (κ2) is 7.02. The number of alkyl halides is 3. The molecule has 3 rings (SSSR count). The van der Waals surface area contributed by atoms with Gasteiger partial charge in [0.2, 0.25) is 11.7 Å². The van der Waals surface area contributed by atoms with E-state index in [4.69, 9.17) is 0 Å². The first kappa shape index (κ1) is 18.9. The van der Waals surface area contributed by atoms with Crippen LogP contribution in [0.2, 0.25) is 0 Å². The highest BCUT2D eigenvalue weighted by Gasteiger charge is 2.38. The molecule has 1 aromatic heterocycles. The second-order valence-electron chi connectivity index (χ2n) is 6.24. The van der Waals surface area contributed by atoms with Crippen molar-refractivity contribution < 1.29 is 22.4 Å². The Hall–Kier alpha value is -2.90. The van der Waals surface area contributed by atoms with E-state index in [0.717, 1.165) is 4.57 Å². The van der Waals surface area contributed by atoms with Gasteiger partial charge < -0.3 is 9.47 Å². The topological polar surface area (TPSA) is 38.1 Å². The highest BCUT2D eigenvalue weighted by atomic mass is 19.4. The Morgan fingerprint density at radius 1 is 1.15 bits per heavy atom. The summed E-state index contributed by atoms with van der Waals surface area (Å²) in [6.45, 7) is 1.22. The van der Waals surface area contributed by atoms with Crippen LogP contribution in [0.15, 0.2) is 48.5 Å². The molecular weight excluding hydrogens is 362 g/mol. The van der Waals surface area contributed by atoms with E-state index in [2.05, 4.69) is 4.98 Å². The monoisotopic (exact) mass is 379 g/mol. The zero-order valence-corrected chi connectivity index (χ0v) is 14.7. The van der Waals surface area contributed by atoms with Gasteiger partial charge >= 0.3 is 6.18 Å². The summed E-state index contributed by atoms with van der Waals surface area (Å²) in [4.78, 5) is 17.6. The number of imidazole rings is 1. The van der Waals surface area contributed by atoms with Crippen LogP contribution in [0.5, 0.6) is 0 Å². The molecule has 0 aliphatic rings. The minimum Gasteiger partial charge on any atom is -0.337 e. The Bertz CT molecular complexity index is 963. The number of carbonyl (C=O) groups is 1. The standard InChI is InChI=1S/C19H17F4N3O/c1-12(13-7-9-14(20)10-8-13)25(2)17(27)11-26-16-6-4-3-5-15(16)24-18(26)19(21,22)23/h3-10,12H,11H2,1-2H3. The predicted molar refractivity (Wildman–Crippen MR) is 92.3 cm³/mol. The van der Waals surface area contributed by atoms with Gasteiger partial charge in [0.1, 0.15) is 12.4 Å². The summed E-state index contributed by atoms with van der Waals surface area (Å²) in [5, 5.41) is 0. The van der Waals surface area contributed by atoms with Gasteiger partial charge in [-0.25, -0.2) is 9.37 Å². The number of nitrogens with zero attached hydrogens (tertiary/aromatic N) is 3. The van der Waals surface area contributed by atoms with Crippen molar-refractivity contribution in [3.8, 4) is 0 Å². The maximum absolute atomic E-state index is 13.4. The molecule has 1 unspecified atom stereocenters. The van der Waals surface area contributed by atoms with E-state index < -0.39 is 36.3 Å². The number of fused-ring (bicyclic) bond motifs is 1. The minimum atomic E-state index is -4.68. The fraction of sp³-hybridized carbons (Fsp3) is 0.263. The van der Waals surface area contributed by atoms with Gasteiger partial charge in [0.25, 0.3) is 0 Å². The molecule has 0 radical (unpaired) electrons. The molecule has 0 bridgehead atoms. The normalized spacial score (nSPS) is 13.0. The molecule has 2 aromatic carbocycles. The first-order chi connectivity index (χ1) is 12.7. The Kier molecular flexibility index (Phi) is 4.91. The molecule has 0 saturated heterocycles. The SMILES string of the molecule is CC(c1ccc(F)cc1)N(C)C(=O)Cn1c(C(F)(F)F)nc2ccccc21. The number of carbonyl (C=O) groups excluding carboxylic acids is 1. The summed E-state index contributed by atoms with van der Waals surface area (Å²) in [5.74, 6) is -2.03. The van der Waals surface area contributed by atoms with E-state index in [9.17, 15) is 22.4 Å². The van der Waals surface area contributed by atoms with E-state index in [1.54, 1.807) is 19.1 Å². The van der Waals surface area contributed by atoms with Crippen molar-refractivity contribution >= 4 is 16.9 Å². The number of amides is 1. The number of benzene rings is 2. The van der Waals surface area contributed by atoms with Gasteiger partial charge in [-0.3, -0.25) is 4.79 Å². The van der Waals surface area contributed by atoms with E-state index in [1.807, 2.05) is 0 Å². The molecule has 0 spiro atoms. The van der Waals surface area contributed by atoms with Gasteiger partial charge in [-0.05, 0) is 36.8 Å². The molecule has 0 saturated carbocycles.